The van der Waals surface area contributed by atoms with Crippen molar-refractivity contribution in [1.82, 2.24) is 14.5 Å². The van der Waals surface area contributed by atoms with Gasteiger partial charge >= 0.3 is 0 Å². The molecule has 16 heavy (non-hydrogen) atoms. The van der Waals surface area contributed by atoms with E-state index in [1.165, 1.54) is 17.0 Å². The standard InChI is InChI=1S/C11H10N4O/c1-7(2)15-6-13-10-9(11(15)16)4-3-8(5-12)14-10/h3-4,6-7H,1-2H3. The minimum Gasteiger partial charge on any atom is -0.296 e. The Hall–Kier alpha value is -2.22. The van der Waals surface area contributed by atoms with Crippen LogP contribution in [0.4, 0.5) is 0 Å². The maximum absolute atomic E-state index is 12.0. The van der Waals surface area contributed by atoms with Crippen LogP contribution in [0.15, 0.2) is 23.3 Å². The normalized spacial score (nSPS) is 10.6. The van der Waals surface area contributed by atoms with E-state index in [2.05, 4.69) is 9.97 Å². The highest BCUT2D eigenvalue weighted by Crippen LogP contribution is 2.07. The van der Waals surface area contributed by atoms with Crippen LogP contribution in [0.2, 0.25) is 0 Å². The summed E-state index contributed by atoms with van der Waals surface area (Å²) in [6.07, 6.45) is 1.46. The number of hydrogen-bond acceptors (Lipinski definition) is 4. The lowest BCUT2D eigenvalue weighted by atomic mass is 10.3. The highest BCUT2D eigenvalue weighted by atomic mass is 16.1. The fraction of sp³-hybridized carbons (Fsp3) is 0.273. The van der Waals surface area contributed by atoms with E-state index in [9.17, 15) is 4.79 Å². The fourth-order valence-electron chi connectivity index (χ4n) is 1.45. The number of nitriles is 1. The molecule has 0 atom stereocenters. The second kappa shape index (κ2) is 3.74. The number of fused-ring (bicyclic) bond motifs is 1. The maximum Gasteiger partial charge on any atom is 0.263 e. The van der Waals surface area contributed by atoms with Crippen molar-refractivity contribution in [1.29, 1.82) is 5.26 Å². The number of hydrogen-bond donors (Lipinski definition) is 0. The van der Waals surface area contributed by atoms with Gasteiger partial charge in [0, 0.05) is 6.04 Å². The molecule has 0 N–H and O–H groups in total. The van der Waals surface area contributed by atoms with Crippen molar-refractivity contribution in [3.8, 4) is 6.07 Å². The number of aromatic nitrogens is 3. The maximum atomic E-state index is 12.0. The lowest BCUT2D eigenvalue weighted by Crippen LogP contribution is -2.22. The van der Waals surface area contributed by atoms with Crippen LogP contribution in [0, 0.1) is 11.3 Å². The average Bonchev–Trinajstić information content (AvgIpc) is 2.28. The van der Waals surface area contributed by atoms with Gasteiger partial charge in [-0.15, -0.1) is 0 Å². The van der Waals surface area contributed by atoms with Gasteiger partial charge in [-0.05, 0) is 26.0 Å². The van der Waals surface area contributed by atoms with E-state index in [4.69, 9.17) is 5.26 Å². The molecular weight excluding hydrogens is 204 g/mol. The first-order valence-electron chi connectivity index (χ1n) is 4.91. The van der Waals surface area contributed by atoms with Crippen LogP contribution >= 0.6 is 0 Å². The van der Waals surface area contributed by atoms with Crippen LogP contribution in [0.3, 0.4) is 0 Å². The summed E-state index contributed by atoms with van der Waals surface area (Å²) in [6.45, 7) is 3.82. The molecule has 0 fully saturated rings. The fourth-order valence-corrected chi connectivity index (χ4v) is 1.45. The van der Waals surface area contributed by atoms with E-state index in [-0.39, 0.29) is 17.3 Å². The molecule has 0 unspecified atom stereocenters. The molecular formula is C11H10N4O. The summed E-state index contributed by atoms with van der Waals surface area (Å²) in [5.74, 6) is 0. The van der Waals surface area contributed by atoms with E-state index in [0.717, 1.165) is 0 Å². The Morgan fingerprint density at radius 3 is 2.81 bits per heavy atom. The Balaban J connectivity index is 2.78. The third kappa shape index (κ3) is 1.54. The zero-order chi connectivity index (χ0) is 11.7. The van der Waals surface area contributed by atoms with Gasteiger partial charge in [0.25, 0.3) is 5.56 Å². The van der Waals surface area contributed by atoms with Gasteiger partial charge < -0.3 is 0 Å². The van der Waals surface area contributed by atoms with Crippen molar-refractivity contribution in [3.05, 3.63) is 34.5 Å². The molecule has 5 nitrogen and oxygen atoms in total. The van der Waals surface area contributed by atoms with Gasteiger partial charge in [-0.25, -0.2) is 9.97 Å². The summed E-state index contributed by atoms with van der Waals surface area (Å²) in [6, 6.07) is 5.09. The molecule has 80 valence electrons. The van der Waals surface area contributed by atoms with Gasteiger partial charge in [-0.2, -0.15) is 5.26 Å². The monoisotopic (exact) mass is 214 g/mol. The van der Waals surface area contributed by atoms with Gasteiger partial charge in [0.1, 0.15) is 18.1 Å². The van der Waals surface area contributed by atoms with E-state index < -0.39 is 0 Å². The van der Waals surface area contributed by atoms with E-state index >= 15 is 0 Å². The zero-order valence-corrected chi connectivity index (χ0v) is 9.01. The van der Waals surface area contributed by atoms with Crippen molar-refractivity contribution in [2.24, 2.45) is 0 Å². The van der Waals surface area contributed by atoms with E-state index in [1.807, 2.05) is 19.9 Å². The van der Waals surface area contributed by atoms with Crippen LogP contribution in [-0.2, 0) is 0 Å². The minimum atomic E-state index is -0.128. The summed E-state index contributed by atoms with van der Waals surface area (Å²) in [5.41, 5.74) is 0.458. The summed E-state index contributed by atoms with van der Waals surface area (Å²) in [4.78, 5) is 20.0. The molecule has 2 heterocycles. The molecule has 0 aliphatic carbocycles. The lowest BCUT2D eigenvalue weighted by Gasteiger charge is -2.08. The van der Waals surface area contributed by atoms with Gasteiger partial charge in [0.15, 0.2) is 5.65 Å². The molecule has 0 amide bonds. The first kappa shape index (κ1) is 10.3. The van der Waals surface area contributed by atoms with Crippen molar-refractivity contribution in [2.45, 2.75) is 19.9 Å². The Bertz CT molecular complexity index is 636. The average molecular weight is 214 g/mol. The molecule has 0 spiro atoms. The van der Waals surface area contributed by atoms with E-state index in [1.54, 1.807) is 6.07 Å². The Morgan fingerprint density at radius 1 is 1.44 bits per heavy atom. The molecule has 0 bridgehead atoms. The van der Waals surface area contributed by atoms with Gasteiger partial charge in [-0.1, -0.05) is 0 Å². The van der Waals surface area contributed by atoms with Crippen molar-refractivity contribution < 1.29 is 0 Å². The van der Waals surface area contributed by atoms with Crippen LogP contribution in [0.25, 0.3) is 11.0 Å². The summed E-state index contributed by atoms with van der Waals surface area (Å²) >= 11 is 0. The second-order valence-corrected chi connectivity index (χ2v) is 3.73. The highest BCUT2D eigenvalue weighted by molar-refractivity contribution is 5.73. The van der Waals surface area contributed by atoms with Gasteiger partial charge in [-0.3, -0.25) is 9.36 Å². The first-order valence-corrected chi connectivity index (χ1v) is 4.91. The highest BCUT2D eigenvalue weighted by Gasteiger charge is 2.07. The van der Waals surface area contributed by atoms with Crippen molar-refractivity contribution in [3.63, 3.8) is 0 Å². The number of nitrogens with zero attached hydrogens (tertiary/aromatic N) is 4. The topological polar surface area (TPSA) is 71.6 Å². The molecule has 0 aliphatic heterocycles. The molecule has 5 heteroatoms. The summed E-state index contributed by atoms with van der Waals surface area (Å²) in [7, 11) is 0. The number of pyridine rings is 1. The quantitative estimate of drug-likeness (QED) is 0.716. The van der Waals surface area contributed by atoms with Gasteiger partial charge in [0.2, 0.25) is 0 Å². The largest absolute Gasteiger partial charge is 0.296 e. The molecule has 0 aromatic carbocycles. The second-order valence-electron chi connectivity index (χ2n) is 3.73. The molecule has 0 saturated carbocycles. The van der Waals surface area contributed by atoms with Crippen LogP contribution in [0.5, 0.6) is 0 Å². The first-order chi connectivity index (χ1) is 7.63. The third-order valence-electron chi connectivity index (χ3n) is 2.32. The lowest BCUT2D eigenvalue weighted by molar-refractivity contribution is 0.573. The van der Waals surface area contributed by atoms with Crippen LogP contribution in [-0.4, -0.2) is 14.5 Å². The van der Waals surface area contributed by atoms with Gasteiger partial charge in [0.05, 0.1) is 5.39 Å². The van der Waals surface area contributed by atoms with Crippen LogP contribution < -0.4 is 5.56 Å². The molecule has 2 rings (SSSR count). The van der Waals surface area contributed by atoms with Crippen LogP contribution in [0.1, 0.15) is 25.6 Å². The molecule has 2 aromatic rings. The molecule has 0 aliphatic rings. The Kier molecular flexibility index (Phi) is 2.41. The SMILES string of the molecule is CC(C)n1cnc2nc(C#N)ccc2c1=O. The van der Waals surface area contributed by atoms with Crippen molar-refractivity contribution >= 4 is 11.0 Å². The van der Waals surface area contributed by atoms with Crippen molar-refractivity contribution in [2.75, 3.05) is 0 Å². The molecule has 2 aromatic heterocycles. The Morgan fingerprint density at radius 2 is 2.19 bits per heavy atom. The third-order valence-corrected chi connectivity index (χ3v) is 2.32. The smallest absolute Gasteiger partial charge is 0.263 e. The zero-order valence-electron chi connectivity index (χ0n) is 9.01. The minimum absolute atomic E-state index is 0.0556. The predicted molar refractivity (Wildman–Crippen MR) is 58.9 cm³/mol. The summed E-state index contributed by atoms with van der Waals surface area (Å²) in [5, 5.41) is 9.13. The number of rotatable bonds is 1. The molecule has 0 radical (unpaired) electrons. The van der Waals surface area contributed by atoms with E-state index in [0.29, 0.717) is 11.0 Å². The Labute approximate surface area is 92.0 Å². The predicted octanol–water partition coefficient (Wildman–Crippen LogP) is 1.24. The summed E-state index contributed by atoms with van der Waals surface area (Å²) < 4.78 is 1.54. The molecule has 0 saturated heterocycles.